The first kappa shape index (κ1) is 9.64. The molecule has 15 heavy (non-hydrogen) atoms. The first-order valence-corrected chi connectivity index (χ1v) is 4.81. The van der Waals surface area contributed by atoms with E-state index in [2.05, 4.69) is 15.2 Å². The zero-order valence-corrected chi connectivity index (χ0v) is 8.59. The van der Waals surface area contributed by atoms with Gasteiger partial charge in [0.05, 0.1) is 12.7 Å². The highest BCUT2D eigenvalue weighted by Gasteiger charge is 2.00. The summed E-state index contributed by atoms with van der Waals surface area (Å²) >= 11 is 0. The van der Waals surface area contributed by atoms with Crippen molar-refractivity contribution in [3.8, 4) is 0 Å². The molecule has 0 saturated carbocycles. The van der Waals surface area contributed by atoms with Crippen molar-refractivity contribution in [3.05, 3.63) is 35.8 Å². The number of hydrogen-bond donors (Lipinski definition) is 1. The third-order valence-electron chi connectivity index (χ3n) is 2.27. The Morgan fingerprint density at radius 1 is 1.40 bits per heavy atom. The molecule has 2 aromatic rings. The minimum atomic E-state index is 0.460. The summed E-state index contributed by atoms with van der Waals surface area (Å²) in [6.07, 6.45) is 6.11. The van der Waals surface area contributed by atoms with Crippen LogP contribution in [0.4, 0.5) is 5.82 Å². The van der Waals surface area contributed by atoms with E-state index in [9.17, 15) is 0 Å². The van der Waals surface area contributed by atoms with Crippen molar-refractivity contribution in [1.82, 2.24) is 20.0 Å². The first-order valence-electron chi connectivity index (χ1n) is 4.81. The second kappa shape index (κ2) is 4.08. The standard InChI is InChI=1S/C10H13N5/c1-8-6-12-4-2-9(8)3-5-15-13-7-10(11)14-15/h2,4,6-7H,3,5H2,1H3,(H2,11,14). The zero-order chi connectivity index (χ0) is 10.7. The van der Waals surface area contributed by atoms with Gasteiger partial charge in [0.2, 0.25) is 0 Å². The molecule has 0 unspecified atom stereocenters. The van der Waals surface area contributed by atoms with Gasteiger partial charge in [-0.2, -0.15) is 9.90 Å². The highest BCUT2D eigenvalue weighted by Crippen LogP contribution is 2.06. The van der Waals surface area contributed by atoms with Crippen LogP contribution >= 0.6 is 0 Å². The summed E-state index contributed by atoms with van der Waals surface area (Å²) in [5, 5.41) is 8.05. The van der Waals surface area contributed by atoms with Crippen LogP contribution < -0.4 is 5.73 Å². The smallest absolute Gasteiger partial charge is 0.165 e. The quantitative estimate of drug-likeness (QED) is 0.801. The molecule has 0 radical (unpaired) electrons. The van der Waals surface area contributed by atoms with Gasteiger partial charge >= 0.3 is 0 Å². The molecule has 0 amide bonds. The third kappa shape index (κ3) is 2.31. The molecule has 0 bridgehead atoms. The minimum Gasteiger partial charge on any atom is -0.381 e. The maximum Gasteiger partial charge on any atom is 0.165 e. The average molecular weight is 203 g/mol. The second-order valence-electron chi connectivity index (χ2n) is 3.42. The zero-order valence-electron chi connectivity index (χ0n) is 8.59. The fourth-order valence-corrected chi connectivity index (χ4v) is 1.42. The minimum absolute atomic E-state index is 0.460. The van der Waals surface area contributed by atoms with Gasteiger partial charge in [0.25, 0.3) is 0 Å². The van der Waals surface area contributed by atoms with Crippen LogP contribution in [0.5, 0.6) is 0 Å². The lowest BCUT2D eigenvalue weighted by Crippen LogP contribution is -2.06. The van der Waals surface area contributed by atoms with Gasteiger partial charge in [-0.15, -0.1) is 5.10 Å². The van der Waals surface area contributed by atoms with Crippen LogP contribution in [0.2, 0.25) is 0 Å². The summed E-state index contributed by atoms with van der Waals surface area (Å²) in [6, 6.07) is 2.02. The van der Waals surface area contributed by atoms with Crippen LogP contribution in [0.25, 0.3) is 0 Å². The Balaban J connectivity index is 2.02. The van der Waals surface area contributed by atoms with Crippen molar-refractivity contribution in [3.63, 3.8) is 0 Å². The lowest BCUT2D eigenvalue weighted by Gasteiger charge is -2.03. The van der Waals surface area contributed by atoms with Crippen molar-refractivity contribution < 1.29 is 0 Å². The molecule has 2 heterocycles. The third-order valence-corrected chi connectivity index (χ3v) is 2.27. The summed E-state index contributed by atoms with van der Waals surface area (Å²) < 4.78 is 0. The summed E-state index contributed by atoms with van der Waals surface area (Å²) in [5.74, 6) is 0.460. The highest BCUT2D eigenvalue weighted by atomic mass is 15.5. The van der Waals surface area contributed by atoms with Crippen LogP contribution in [0.3, 0.4) is 0 Å². The summed E-state index contributed by atoms with van der Waals surface area (Å²) in [5.41, 5.74) is 7.93. The van der Waals surface area contributed by atoms with Crippen molar-refractivity contribution in [2.24, 2.45) is 0 Å². The predicted molar refractivity (Wildman–Crippen MR) is 57.1 cm³/mol. The molecular formula is C10H13N5. The van der Waals surface area contributed by atoms with E-state index in [4.69, 9.17) is 5.73 Å². The fraction of sp³-hybridized carbons (Fsp3) is 0.300. The van der Waals surface area contributed by atoms with Crippen molar-refractivity contribution in [2.75, 3.05) is 5.73 Å². The molecule has 2 aromatic heterocycles. The van der Waals surface area contributed by atoms with E-state index in [-0.39, 0.29) is 0 Å². The predicted octanol–water partition coefficient (Wildman–Crippen LogP) is 0.806. The molecule has 0 aliphatic heterocycles. The van der Waals surface area contributed by atoms with Gasteiger partial charge in [-0.3, -0.25) is 4.98 Å². The molecule has 78 valence electrons. The monoisotopic (exact) mass is 203 g/mol. The average Bonchev–Trinajstić information content (AvgIpc) is 2.63. The molecule has 0 aliphatic carbocycles. The van der Waals surface area contributed by atoms with Crippen molar-refractivity contribution in [1.29, 1.82) is 0 Å². The van der Waals surface area contributed by atoms with Crippen LogP contribution in [-0.4, -0.2) is 20.0 Å². The molecule has 0 atom stereocenters. The van der Waals surface area contributed by atoms with Crippen LogP contribution in [-0.2, 0) is 13.0 Å². The Morgan fingerprint density at radius 2 is 2.27 bits per heavy atom. The molecule has 0 fully saturated rings. The van der Waals surface area contributed by atoms with E-state index in [0.29, 0.717) is 5.82 Å². The Kier molecular flexibility index (Phi) is 2.62. The molecule has 0 spiro atoms. The summed E-state index contributed by atoms with van der Waals surface area (Å²) in [7, 11) is 0. The number of anilines is 1. The number of nitrogens with two attached hydrogens (primary N) is 1. The van der Waals surface area contributed by atoms with Gasteiger partial charge in [0.15, 0.2) is 5.82 Å². The normalized spacial score (nSPS) is 10.5. The number of aromatic nitrogens is 4. The summed E-state index contributed by atoms with van der Waals surface area (Å²) in [4.78, 5) is 5.65. The van der Waals surface area contributed by atoms with Gasteiger partial charge in [-0.05, 0) is 30.5 Å². The maximum atomic E-state index is 5.47. The van der Waals surface area contributed by atoms with E-state index < -0.39 is 0 Å². The Bertz CT molecular complexity index is 449. The lowest BCUT2D eigenvalue weighted by molar-refractivity contribution is 0.537. The fourth-order valence-electron chi connectivity index (χ4n) is 1.42. The molecule has 5 heteroatoms. The van der Waals surface area contributed by atoms with Crippen LogP contribution in [0.1, 0.15) is 11.1 Å². The molecule has 2 rings (SSSR count). The Labute approximate surface area is 87.9 Å². The Hall–Kier alpha value is -1.91. The van der Waals surface area contributed by atoms with Gasteiger partial charge in [-0.25, -0.2) is 0 Å². The maximum absolute atomic E-state index is 5.47. The molecule has 5 nitrogen and oxygen atoms in total. The van der Waals surface area contributed by atoms with Crippen molar-refractivity contribution >= 4 is 5.82 Å². The largest absolute Gasteiger partial charge is 0.381 e. The number of aryl methyl sites for hydroxylation is 3. The molecule has 2 N–H and O–H groups in total. The molecule has 0 aromatic carbocycles. The van der Waals surface area contributed by atoms with Gasteiger partial charge in [-0.1, -0.05) is 0 Å². The first-order chi connectivity index (χ1) is 7.25. The molecular weight excluding hydrogens is 190 g/mol. The number of nitrogen functional groups attached to an aromatic ring is 1. The molecule has 0 aliphatic rings. The van der Waals surface area contributed by atoms with Gasteiger partial charge < -0.3 is 5.73 Å². The SMILES string of the molecule is Cc1cnccc1CCn1ncc(N)n1. The number of pyridine rings is 1. The van der Waals surface area contributed by atoms with Crippen LogP contribution in [0, 0.1) is 6.92 Å². The van der Waals surface area contributed by atoms with Gasteiger partial charge in [0, 0.05) is 12.4 Å². The van der Waals surface area contributed by atoms with Crippen LogP contribution in [0.15, 0.2) is 24.7 Å². The second-order valence-corrected chi connectivity index (χ2v) is 3.42. The van der Waals surface area contributed by atoms with Gasteiger partial charge in [0.1, 0.15) is 0 Å². The van der Waals surface area contributed by atoms with Crippen molar-refractivity contribution in [2.45, 2.75) is 19.9 Å². The molecule has 0 saturated heterocycles. The van der Waals surface area contributed by atoms with E-state index in [0.717, 1.165) is 13.0 Å². The van der Waals surface area contributed by atoms with E-state index in [1.165, 1.54) is 11.1 Å². The highest BCUT2D eigenvalue weighted by molar-refractivity contribution is 5.22. The topological polar surface area (TPSA) is 69.6 Å². The number of nitrogens with zero attached hydrogens (tertiary/aromatic N) is 4. The van der Waals surface area contributed by atoms with E-state index >= 15 is 0 Å². The Morgan fingerprint density at radius 3 is 2.93 bits per heavy atom. The van der Waals surface area contributed by atoms with E-state index in [1.54, 1.807) is 17.2 Å². The number of hydrogen-bond acceptors (Lipinski definition) is 4. The van der Waals surface area contributed by atoms with E-state index in [1.807, 2.05) is 19.2 Å². The lowest BCUT2D eigenvalue weighted by atomic mass is 10.1. The summed E-state index contributed by atoms with van der Waals surface area (Å²) in [6.45, 7) is 2.79. The number of rotatable bonds is 3.